The fraction of sp³-hybridized carbons (Fsp3) is 0.118. The molecule has 3 rings (SSSR count). The second kappa shape index (κ2) is 7.39. The Kier molecular flexibility index (Phi) is 5.22. The zero-order chi connectivity index (χ0) is 18.0. The van der Waals surface area contributed by atoms with Gasteiger partial charge in [-0.1, -0.05) is 40.5 Å². The second-order valence-electron chi connectivity index (χ2n) is 5.10. The molecule has 1 N–H and O–H groups in total. The van der Waals surface area contributed by atoms with Crippen LogP contribution in [0.5, 0.6) is 0 Å². The first-order chi connectivity index (χ1) is 12.0. The van der Waals surface area contributed by atoms with Gasteiger partial charge in [-0.15, -0.1) is 11.3 Å². The summed E-state index contributed by atoms with van der Waals surface area (Å²) in [7, 11) is 0. The Morgan fingerprint density at radius 2 is 2.00 bits per heavy atom. The molecular weight excluding hydrogens is 383 g/mol. The van der Waals surface area contributed by atoms with Crippen LogP contribution in [0.15, 0.2) is 40.2 Å². The summed E-state index contributed by atoms with van der Waals surface area (Å²) in [5, 5.41) is 9.04. The van der Waals surface area contributed by atoms with Gasteiger partial charge in [-0.25, -0.2) is 0 Å². The topological polar surface area (TPSA) is 72.2 Å². The fourth-order valence-corrected chi connectivity index (χ4v) is 3.64. The van der Waals surface area contributed by atoms with Crippen molar-refractivity contribution in [1.29, 1.82) is 0 Å². The second-order valence-corrected chi connectivity index (χ2v) is 6.89. The van der Waals surface area contributed by atoms with Crippen LogP contribution in [-0.2, 0) is 4.79 Å². The van der Waals surface area contributed by atoms with E-state index in [2.05, 4.69) is 10.5 Å². The zero-order valence-corrected chi connectivity index (χ0v) is 15.2. The lowest BCUT2D eigenvalue weighted by Crippen LogP contribution is -2.29. The number of rotatable bonds is 5. The van der Waals surface area contributed by atoms with Crippen molar-refractivity contribution in [3.8, 4) is 11.3 Å². The Labute approximate surface area is 157 Å². The maximum Gasteiger partial charge on any atom is 0.258 e. The Balaban J connectivity index is 1.99. The fourth-order valence-electron chi connectivity index (χ4n) is 2.35. The Morgan fingerprint density at radius 3 is 2.60 bits per heavy atom. The van der Waals surface area contributed by atoms with E-state index in [1.807, 2.05) is 11.7 Å². The molecule has 0 aliphatic rings. The minimum absolute atomic E-state index is 0.173. The van der Waals surface area contributed by atoms with E-state index in [-0.39, 0.29) is 11.3 Å². The van der Waals surface area contributed by atoms with Crippen LogP contribution < -0.4 is 5.32 Å². The van der Waals surface area contributed by atoms with E-state index in [9.17, 15) is 9.59 Å². The number of nitrogens with zero attached hydrogens (tertiary/aromatic N) is 1. The predicted octanol–water partition coefficient (Wildman–Crippen LogP) is 4.60. The van der Waals surface area contributed by atoms with Gasteiger partial charge in [-0.2, -0.15) is 0 Å². The number of benzene rings is 1. The van der Waals surface area contributed by atoms with Crippen LogP contribution in [0.25, 0.3) is 11.3 Å². The SMILES string of the molecule is Cc1onc(-c2c(Cl)cccc2Cl)c1C(=O)NC([C]=O)c1cccs1. The Bertz CT molecular complexity index is 902. The zero-order valence-electron chi connectivity index (χ0n) is 12.9. The highest BCUT2D eigenvalue weighted by molar-refractivity contribution is 7.10. The first kappa shape index (κ1) is 17.7. The maximum atomic E-state index is 12.7. The van der Waals surface area contributed by atoms with Crippen LogP contribution in [0, 0.1) is 6.92 Å². The van der Waals surface area contributed by atoms with Crippen molar-refractivity contribution >= 4 is 46.7 Å². The van der Waals surface area contributed by atoms with Crippen LogP contribution in [0.1, 0.15) is 27.0 Å². The third-order valence-electron chi connectivity index (χ3n) is 3.51. The molecule has 5 nitrogen and oxygen atoms in total. The Morgan fingerprint density at radius 1 is 1.28 bits per heavy atom. The molecule has 1 unspecified atom stereocenters. The minimum Gasteiger partial charge on any atom is -0.360 e. The van der Waals surface area contributed by atoms with Crippen LogP contribution in [-0.4, -0.2) is 17.4 Å². The van der Waals surface area contributed by atoms with Crippen molar-refractivity contribution in [1.82, 2.24) is 10.5 Å². The molecule has 0 spiro atoms. The molecule has 1 radical (unpaired) electrons. The van der Waals surface area contributed by atoms with Gasteiger partial charge in [0, 0.05) is 10.4 Å². The summed E-state index contributed by atoms with van der Waals surface area (Å²) in [6.07, 6.45) is 1.82. The highest BCUT2D eigenvalue weighted by atomic mass is 35.5. The van der Waals surface area contributed by atoms with Crippen molar-refractivity contribution in [2.75, 3.05) is 0 Å². The molecule has 0 saturated heterocycles. The predicted molar refractivity (Wildman–Crippen MR) is 96.9 cm³/mol. The van der Waals surface area contributed by atoms with Crippen LogP contribution in [0.3, 0.4) is 0 Å². The van der Waals surface area contributed by atoms with Gasteiger partial charge in [-0.3, -0.25) is 9.59 Å². The molecular formula is C17H11Cl2N2O3S. The van der Waals surface area contributed by atoms with Gasteiger partial charge in [0.15, 0.2) is 0 Å². The quantitative estimate of drug-likeness (QED) is 0.687. The average molecular weight is 394 g/mol. The van der Waals surface area contributed by atoms with E-state index in [0.717, 1.165) is 0 Å². The van der Waals surface area contributed by atoms with E-state index in [1.54, 1.807) is 37.3 Å². The smallest absolute Gasteiger partial charge is 0.258 e. The number of halogens is 2. The van der Waals surface area contributed by atoms with Crippen LogP contribution in [0.4, 0.5) is 0 Å². The Hall–Kier alpha value is -2.15. The summed E-state index contributed by atoms with van der Waals surface area (Å²) < 4.78 is 5.16. The lowest BCUT2D eigenvalue weighted by atomic mass is 10.0. The summed E-state index contributed by atoms with van der Waals surface area (Å²) in [6.45, 7) is 1.60. The molecule has 1 atom stereocenters. The molecule has 0 bridgehead atoms. The van der Waals surface area contributed by atoms with Gasteiger partial charge in [-0.05, 0) is 30.5 Å². The van der Waals surface area contributed by atoms with Crippen molar-refractivity contribution < 1.29 is 14.1 Å². The van der Waals surface area contributed by atoms with E-state index >= 15 is 0 Å². The standard InChI is InChI=1S/C17H11Cl2N2O3S/c1-9-14(17(23)20-12(8-22)13-6-3-7-25-13)16(21-24-9)15-10(18)4-2-5-11(15)19/h2-7,12H,1H3,(H,20,23). The summed E-state index contributed by atoms with van der Waals surface area (Å²) in [6, 6.07) is 7.62. The molecule has 1 aromatic carbocycles. The molecule has 0 saturated carbocycles. The van der Waals surface area contributed by atoms with Crippen molar-refractivity contribution in [3.05, 3.63) is 62.0 Å². The lowest BCUT2D eigenvalue weighted by Gasteiger charge is -2.11. The molecule has 25 heavy (non-hydrogen) atoms. The van der Waals surface area contributed by atoms with Gasteiger partial charge in [0.2, 0.25) is 6.29 Å². The number of hydrogen-bond donors (Lipinski definition) is 1. The molecule has 2 heterocycles. The van der Waals surface area contributed by atoms with Gasteiger partial charge in [0.25, 0.3) is 5.91 Å². The average Bonchev–Trinajstić information content (AvgIpc) is 3.22. The van der Waals surface area contributed by atoms with Gasteiger partial charge < -0.3 is 9.84 Å². The number of hydrogen-bond acceptors (Lipinski definition) is 5. The van der Waals surface area contributed by atoms with Gasteiger partial charge in [0.1, 0.15) is 23.1 Å². The molecule has 0 aliphatic carbocycles. The molecule has 2 aromatic heterocycles. The number of nitrogens with one attached hydrogen (secondary N) is 1. The van der Waals surface area contributed by atoms with Crippen molar-refractivity contribution in [2.24, 2.45) is 0 Å². The van der Waals surface area contributed by atoms with Crippen LogP contribution >= 0.6 is 34.5 Å². The number of carbonyl (C=O) groups excluding carboxylic acids is 2. The monoisotopic (exact) mass is 393 g/mol. The third-order valence-corrected chi connectivity index (χ3v) is 5.08. The minimum atomic E-state index is -0.878. The van der Waals surface area contributed by atoms with E-state index in [4.69, 9.17) is 27.7 Å². The van der Waals surface area contributed by atoms with Crippen molar-refractivity contribution in [2.45, 2.75) is 13.0 Å². The number of amides is 1. The summed E-state index contributed by atoms with van der Waals surface area (Å²) >= 11 is 13.8. The van der Waals surface area contributed by atoms with E-state index in [0.29, 0.717) is 26.2 Å². The van der Waals surface area contributed by atoms with E-state index in [1.165, 1.54) is 11.3 Å². The number of carbonyl (C=O) groups is 1. The molecule has 3 aromatic rings. The summed E-state index contributed by atoms with van der Waals surface area (Å²) in [5.41, 5.74) is 0.795. The van der Waals surface area contributed by atoms with Gasteiger partial charge >= 0.3 is 0 Å². The molecule has 0 aliphatic heterocycles. The molecule has 1 amide bonds. The molecule has 0 fully saturated rings. The number of aryl methyl sites for hydroxylation is 1. The van der Waals surface area contributed by atoms with Crippen LogP contribution in [0.2, 0.25) is 10.0 Å². The van der Waals surface area contributed by atoms with Gasteiger partial charge in [0.05, 0.1) is 10.0 Å². The molecule has 127 valence electrons. The maximum absolute atomic E-state index is 12.7. The lowest BCUT2D eigenvalue weighted by molar-refractivity contribution is 0.0945. The summed E-state index contributed by atoms with van der Waals surface area (Å²) in [4.78, 5) is 24.7. The summed E-state index contributed by atoms with van der Waals surface area (Å²) in [5.74, 6) is -0.231. The highest BCUT2D eigenvalue weighted by Gasteiger charge is 2.27. The molecule has 8 heteroatoms. The number of thiophene rings is 1. The highest BCUT2D eigenvalue weighted by Crippen LogP contribution is 2.36. The van der Waals surface area contributed by atoms with Crippen molar-refractivity contribution in [3.63, 3.8) is 0 Å². The first-order valence-corrected chi connectivity index (χ1v) is 8.79. The largest absolute Gasteiger partial charge is 0.360 e. The first-order valence-electron chi connectivity index (χ1n) is 7.15. The third kappa shape index (κ3) is 3.46. The van der Waals surface area contributed by atoms with E-state index < -0.39 is 11.9 Å². The normalized spacial score (nSPS) is 12.0. The number of aromatic nitrogens is 1.